The molecule has 0 spiro atoms. The van der Waals surface area contributed by atoms with Crippen molar-refractivity contribution in [3.63, 3.8) is 0 Å². The third-order valence-corrected chi connectivity index (χ3v) is 5.88. The fourth-order valence-electron chi connectivity index (χ4n) is 3.20. The first-order valence-corrected chi connectivity index (χ1v) is 12.0. The number of anilines is 1. The molecule has 0 heterocycles. The molecule has 0 bridgehead atoms. The molecular weight excluding hydrogens is 507 g/mol. The highest BCUT2D eigenvalue weighted by atomic mass is 35.5. The summed E-state index contributed by atoms with van der Waals surface area (Å²) in [6.07, 6.45) is 2.34. The molecule has 180 valence electrons. The summed E-state index contributed by atoms with van der Waals surface area (Å²) < 4.78 is 11.6. The third-order valence-electron chi connectivity index (χ3n) is 5.01. The topological polar surface area (TPSA) is 71.3 Å². The van der Waals surface area contributed by atoms with E-state index in [4.69, 9.17) is 44.3 Å². The van der Waals surface area contributed by atoms with Crippen LogP contribution >= 0.6 is 34.8 Å². The lowest BCUT2D eigenvalue weighted by molar-refractivity contribution is -0.112. The maximum absolute atomic E-state index is 12.7. The van der Waals surface area contributed by atoms with Gasteiger partial charge in [0.15, 0.2) is 11.5 Å². The maximum atomic E-state index is 12.7. The molecule has 0 atom stereocenters. The van der Waals surface area contributed by atoms with Gasteiger partial charge in [-0.25, -0.2) is 0 Å². The van der Waals surface area contributed by atoms with Gasteiger partial charge in [-0.15, -0.1) is 0 Å². The molecule has 35 heavy (non-hydrogen) atoms. The Kier molecular flexibility index (Phi) is 9.45. The minimum atomic E-state index is -0.525. The third kappa shape index (κ3) is 7.16. The summed E-state index contributed by atoms with van der Waals surface area (Å²) in [5.74, 6) is 0.184. The van der Waals surface area contributed by atoms with Crippen molar-refractivity contribution in [1.29, 1.82) is 5.26 Å². The van der Waals surface area contributed by atoms with Crippen LogP contribution < -0.4 is 14.8 Å². The first-order chi connectivity index (χ1) is 16.8. The zero-order valence-electron chi connectivity index (χ0n) is 19.2. The van der Waals surface area contributed by atoms with Crippen LogP contribution in [0.5, 0.6) is 11.5 Å². The van der Waals surface area contributed by atoms with Crippen LogP contribution in [0.3, 0.4) is 0 Å². The number of nitrogens with one attached hydrogen (secondary N) is 1. The smallest absolute Gasteiger partial charge is 0.266 e. The second-order valence-corrected chi connectivity index (χ2v) is 8.71. The Morgan fingerprint density at radius 1 is 1.00 bits per heavy atom. The van der Waals surface area contributed by atoms with E-state index in [-0.39, 0.29) is 17.2 Å². The first-order valence-electron chi connectivity index (χ1n) is 10.9. The van der Waals surface area contributed by atoms with Crippen molar-refractivity contribution in [3.05, 3.63) is 91.9 Å². The maximum Gasteiger partial charge on any atom is 0.266 e. The van der Waals surface area contributed by atoms with Crippen LogP contribution in [0.25, 0.3) is 6.08 Å². The van der Waals surface area contributed by atoms with Crippen LogP contribution in [0.4, 0.5) is 5.69 Å². The number of halogens is 3. The number of carbonyl (C=O) groups excluding carboxylic acids is 1. The van der Waals surface area contributed by atoms with Gasteiger partial charge < -0.3 is 14.8 Å². The van der Waals surface area contributed by atoms with E-state index in [2.05, 4.69) is 12.2 Å². The second-order valence-electron chi connectivity index (χ2n) is 7.46. The fourth-order valence-corrected chi connectivity index (χ4v) is 3.94. The highest BCUT2D eigenvalue weighted by Crippen LogP contribution is 2.38. The van der Waals surface area contributed by atoms with E-state index in [1.807, 2.05) is 25.1 Å². The quantitative estimate of drug-likeness (QED) is 0.227. The van der Waals surface area contributed by atoms with Gasteiger partial charge in [0.05, 0.1) is 11.6 Å². The van der Waals surface area contributed by atoms with Gasteiger partial charge in [-0.1, -0.05) is 59.9 Å². The minimum Gasteiger partial charge on any atom is -0.490 e. The Balaban J connectivity index is 1.83. The molecule has 0 saturated heterocycles. The summed E-state index contributed by atoms with van der Waals surface area (Å²) in [6, 6.07) is 17.8. The van der Waals surface area contributed by atoms with Crippen molar-refractivity contribution in [3.8, 4) is 17.6 Å². The summed E-state index contributed by atoms with van der Waals surface area (Å²) in [4.78, 5) is 12.7. The van der Waals surface area contributed by atoms with Crippen molar-refractivity contribution in [1.82, 2.24) is 0 Å². The molecule has 0 fully saturated rings. The molecule has 3 aromatic carbocycles. The SMILES string of the molecule is CCOc1cc(/C=C(\C#N)C(=O)Nc2ccc(CC)cc2)cc(Cl)c1OCc1ccc(Cl)cc1Cl. The van der Waals surface area contributed by atoms with Gasteiger partial charge in [0, 0.05) is 21.3 Å². The van der Waals surface area contributed by atoms with Gasteiger partial charge >= 0.3 is 0 Å². The van der Waals surface area contributed by atoms with Crippen LogP contribution in [0.1, 0.15) is 30.5 Å². The second kappa shape index (κ2) is 12.5. The van der Waals surface area contributed by atoms with Crippen LogP contribution in [-0.2, 0) is 17.8 Å². The largest absolute Gasteiger partial charge is 0.490 e. The summed E-state index contributed by atoms with van der Waals surface area (Å²) in [5, 5.41) is 13.6. The molecular formula is C27H23Cl3N2O3. The number of hydrogen-bond acceptors (Lipinski definition) is 4. The zero-order valence-corrected chi connectivity index (χ0v) is 21.5. The van der Waals surface area contributed by atoms with Gasteiger partial charge in [0.1, 0.15) is 18.2 Å². The number of hydrogen-bond donors (Lipinski definition) is 1. The van der Waals surface area contributed by atoms with E-state index in [9.17, 15) is 10.1 Å². The van der Waals surface area contributed by atoms with Crippen molar-refractivity contribution in [2.75, 3.05) is 11.9 Å². The van der Waals surface area contributed by atoms with E-state index >= 15 is 0 Å². The molecule has 3 rings (SSSR count). The molecule has 0 aromatic heterocycles. The summed E-state index contributed by atoms with van der Waals surface area (Å²) in [5.41, 5.74) is 2.92. The highest BCUT2D eigenvalue weighted by molar-refractivity contribution is 6.35. The molecule has 0 aliphatic rings. The van der Waals surface area contributed by atoms with Crippen molar-refractivity contribution >= 4 is 52.5 Å². The number of carbonyl (C=O) groups is 1. The van der Waals surface area contributed by atoms with Gasteiger partial charge in [0.25, 0.3) is 5.91 Å². The number of nitrogens with zero attached hydrogens (tertiary/aromatic N) is 1. The minimum absolute atomic E-state index is 0.0790. The van der Waals surface area contributed by atoms with Crippen molar-refractivity contribution in [2.24, 2.45) is 0 Å². The van der Waals surface area contributed by atoms with Crippen molar-refractivity contribution < 1.29 is 14.3 Å². The fraction of sp³-hybridized carbons (Fsp3) is 0.185. The summed E-state index contributed by atoms with van der Waals surface area (Å²) in [7, 11) is 0. The van der Waals surface area contributed by atoms with Gasteiger partial charge in [0.2, 0.25) is 0 Å². The molecule has 1 amide bonds. The molecule has 5 nitrogen and oxygen atoms in total. The number of amides is 1. The normalized spacial score (nSPS) is 11.0. The molecule has 1 N–H and O–H groups in total. The molecule has 0 saturated carbocycles. The Morgan fingerprint density at radius 2 is 1.74 bits per heavy atom. The molecule has 0 aliphatic carbocycles. The highest BCUT2D eigenvalue weighted by Gasteiger charge is 2.16. The molecule has 0 aliphatic heterocycles. The predicted molar refractivity (Wildman–Crippen MR) is 141 cm³/mol. The monoisotopic (exact) mass is 528 g/mol. The Morgan fingerprint density at radius 3 is 2.37 bits per heavy atom. The molecule has 0 unspecified atom stereocenters. The average Bonchev–Trinajstić information content (AvgIpc) is 2.83. The number of ether oxygens (including phenoxy) is 2. The first kappa shape index (κ1) is 26.4. The van der Waals surface area contributed by atoms with E-state index in [0.29, 0.717) is 39.4 Å². The van der Waals surface area contributed by atoms with E-state index in [1.54, 1.807) is 42.5 Å². The summed E-state index contributed by atoms with van der Waals surface area (Å²) >= 11 is 18.7. The number of benzene rings is 3. The van der Waals surface area contributed by atoms with Gasteiger partial charge in [-0.2, -0.15) is 5.26 Å². The number of nitriles is 1. The number of rotatable bonds is 9. The van der Waals surface area contributed by atoms with Crippen LogP contribution in [0.2, 0.25) is 15.1 Å². The van der Waals surface area contributed by atoms with Gasteiger partial charge in [-0.05, 0) is 66.9 Å². The predicted octanol–water partition coefficient (Wildman–Crippen LogP) is 7.73. The van der Waals surface area contributed by atoms with E-state index in [0.717, 1.165) is 17.5 Å². The Labute approximate surface area is 219 Å². The van der Waals surface area contributed by atoms with Crippen LogP contribution in [0, 0.1) is 11.3 Å². The lowest BCUT2D eigenvalue weighted by atomic mass is 10.1. The Bertz CT molecular complexity index is 1280. The van der Waals surface area contributed by atoms with Crippen LogP contribution in [-0.4, -0.2) is 12.5 Å². The Hall–Kier alpha value is -3.17. The average molecular weight is 530 g/mol. The lowest BCUT2D eigenvalue weighted by Crippen LogP contribution is -2.13. The molecule has 3 aromatic rings. The zero-order chi connectivity index (χ0) is 25.4. The van der Waals surface area contributed by atoms with Gasteiger partial charge in [-0.3, -0.25) is 4.79 Å². The standard InChI is InChI=1S/C27H23Cl3N2O3/c1-3-17-5-9-22(10-6-17)32-27(33)20(15-31)11-18-12-24(30)26(25(13-18)34-4-2)35-16-19-7-8-21(28)14-23(19)29/h5-14H,3-4,16H2,1-2H3,(H,32,33)/b20-11+. The lowest BCUT2D eigenvalue weighted by Gasteiger charge is -2.15. The van der Waals surface area contributed by atoms with Crippen LogP contribution in [0.15, 0.2) is 60.2 Å². The van der Waals surface area contributed by atoms with Crippen molar-refractivity contribution in [2.45, 2.75) is 26.9 Å². The summed E-state index contributed by atoms with van der Waals surface area (Å²) in [6.45, 7) is 4.39. The molecule has 0 radical (unpaired) electrons. The van der Waals surface area contributed by atoms with E-state index < -0.39 is 5.91 Å². The number of aryl methyl sites for hydroxylation is 1. The van der Waals surface area contributed by atoms with E-state index in [1.165, 1.54) is 6.08 Å². The molecule has 8 heteroatoms.